The molecule has 0 heterocycles. The van der Waals surface area contributed by atoms with Crippen LogP contribution in [0.15, 0.2) is 24.3 Å². The molecule has 0 radical (unpaired) electrons. The summed E-state index contributed by atoms with van der Waals surface area (Å²) in [4.78, 5) is 11.5. The van der Waals surface area contributed by atoms with Crippen molar-refractivity contribution >= 4 is 5.97 Å². The Hall–Kier alpha value is -1.51. The molecule has 0 saturated heterocycles. The van der Waals surface area contributed by atoms with Crippen LogP contribution in [-0.2, 0) is 10.2 Å². The molecule has 0 amide bonds. The third-order valence-corrected chi connectivity index (χ3v) is 3.17. The molecule has 0 saturated carbocycles. The van der Waals surface area contributed by atoms with Gasteiger partial charge >= 0.3 is 5.97 Å². The highest BCUT2D eigenvalue weighted by molar-refractivity contribution is 5.81. The first-order valence-corrected chi connectivity index (χ1v) is 6.51. The molecule has 0 aromatic heterocycles. The number of rotatable bonds is 7. The van der Waals surface area contributed by atoms with Crippen LogP contribution in [0.3, 0.4) is 0 Å². The fourth-order valence-corrected chi connectivity index (χ4v) is 2.02. The van der Waals surface area contributed by atoms with Crippen molar-refractivity contribution in [1.29, 1.82) is 0 Å². The van der Waals surface area contributed by atoms with Crippen LogP contribution in [0.25, 0.3) is 0 Å². The zero-order chi connectivity index (χ0) is 13.6. The minimum atomic E-state index is -0.833. The Morgan fingerprint density at radius 3 is 2.61 bits per heavy atom. The van der Waals surface area contributed by atoms with Crippen LogP contribution in [-0.4, -0.2) is 17.7 Å². The first-order valence-electron chi connectivity index (χ1n) is 6.51. The summed E-state index contributed by atoms with van der Waals surface area (Å²) < 4.78 is 5.56. The molecule has 1 aromatic rings. The lowest BCUT2D eigenvalue weighted by atomic mass is 9.79. The lowest BCUT2D eigenvalue weighted by Crippen LogP contribution is -2.32. The SMILES string of the molecule is CCCOc1cccc(C(C)(CCC)C(=O)O)c1. The van der Waals surface area contributed by atoms with Gasteiger partial charge in [-0.3, -0.25) is 4.79 Å². The second-order valence-electron chi connectivity index (χ2n) is 4.76. The zero-order valence-electron chi connectivity index (χ0n) is 11.4. The molecule has 1 rings (SSSR count). The van der Waals surface area contributed by atoms with Crippen LogP contribution in [0.2, 0.25) is 0 Å². The predicted molar refractivity (Wildman–Crippen MR) is 72.1 cm³/mol. The molecule has 1 atom stereocenters. The van der Waals surface area contributed by atoms with Gasteiger partial charge in [-0.05, 0) is 37.5 Å². The molecule has 0 aliphatic rings. The molecule has 1 aromatic carbocycles. The number of carbonyl (C=O) groups is 1. The number of hydrogen-bond acceptors (Lipinski definition) is 2. The first-order chi connectivity index (χ1) is 8.54. The lowest BCUT2D eigenvalue weighted by Gasteiger charge is -2.25. The zero-order valence-corrected chi connectivity index (χ0v) is 11.4. The van der Waals surface area contributed by atoms with Crippen molar-refractivity contribution in [2.24, 2.45) is 0 Å². The van der Waals surface area contributed by atoms with Gasteiger partial charge in [-0.2, -0.15) is 0 Å². The number of hydrogen-bond donors (Lipinski definition) is 1. The normalized spacial score (nSPS) is 13.9. The third-order valence-electron chi connectivity index (χ3n) is 3.17. The number of ether oxygens (including phenoxy) is 1. The van der Waals surface area contributed by atoms with Crippen molar-refractivity contribution in [3.63, 3.8) is 0 Å². The molecule has 0 aliphatic carbocycles. The van der Waals surface area contributed by atoms with E-state index in [1.165, 1.54) is 0 Å². The van der Waals surface area contributed by atoms with E-state index in [4.69, 9.17) is 4.74 Å². The van der Waals surface area contributed by atoms with Crippen LogP contribution >= 0.6 is 0 Å². The van der Waals surface area contributed by atoms with E-state index in [9.17, 15) is 9.90 Å². The highest BCUT2D eigenvalue weighted by Crippen LogP contribution is 2.31. The standard InChI is InChI=1S/C15H22O3/c1-4-9-15(3,14(16)17)12-7-6-8-13(11-12)18-10-5-2/h6-8,11H,4-5,9-10H2,1-3H3,(H,16,17). The van der Waals surface area contributed by atoms with Crippen LogP contribution in [0.1, 0.15) is 45.6 Å². The first kappa shape index (κ1) is 14.6. The number of carboxylic acids is 1. The van der Waals surface area contributed by atoms with Crippen molar-refractivity contribution in [3.05, 3.63) is 29.8 Å². The van der Waals surface area contributed by atoms with Gasteiger partial charge in [-0.1, -0.05) is 32.4 Å². The summed E-state index contributed by atoms with van der Waals surface area (Å²) in [6.07, 6.45) is 2.40. The third kappa shape index (κ3) is 3.25. The van der Waals surface area contributed by atoms with Crippen molar-refractivity contribution in [2.45, 2.75) is 45.4 Å². The summed E-state index contributed by atoms with van der Waals surface area (Å²) in [7, 11) is 0. The van der Waals surface area contributed by atoms with Gasteiger partial charge in [-0.25, -0.2) is 0 Å². The minimum absolute atomic E-state index is 0.625. The summed E-state index contributed by atoms with van der Waals surface area (Å²) in [6, 6.07) is 7.44. The van der Waals surface area contributed by atoms with E-state index < -0.39 is 11.4 Å². The fraction of sp³-hybridized carbons (Fsp3) is 0.533. The second-order valence-corrected chi connectivity index (χ2v) is 4.76. The Balaban J connectivity index is 3.02. The summed E-state index contributed by atoms with van der Waals surface area (Å²) in [6.45, 7) is 6.47. The van der Waals surface area contributed by atoms with E-state index in [-0.39, 0.29) is 0 Å². The average molecular weight is 250 g/mol. The average Bonchev–Trinajstić information content (AvgIpc) is 2.36. The lowest BCUT2D eigenvalue weighted by molar-refractivity contribution is -0.143. The van der Waals surface area contributed by atoms with E-state index in [1.54, 1.807) is 6.92 Å². The van der Waals surface area contributed by atoms with Crippen LogP contribution in [0, 0.1) is 0 Å². The van der Waals surface area contributed by atoms with Crippen molar-refractivity contribution < 1.29 is 14.6 Å². The number of benzene rings is 1. The van der Waals surface area contributed by atoms with Gasteiger partial charge in [0.1, 0.15) is 5.75 Å². The predicted octanol–water partition coefficient (Wildman–Crippen LogP) is 3.62. The minimum Gasteiger partial charge on any atom is -0.494 e. The highest BCUT2D eigenvalue weighted by atomic mass is 16.5. The van der Waals surface area contributed by atoms with Gasteiger partial charge in [-0.15, -0.1) is 0 Å². The summed E-state index contributed by atoms with van der Waals surface area (Å²) in [5.74, 6) is -0.0325. The maximum atomic E-state index is 11.5. The topological polar surface area (TPSA) is 46.5 Å². The van der Waals surface area contributed by atoms with Crippen LogP contribution in [0.4, 0.5) is 0 Å². The Morgan fingerprint density at radius 2 is 2.06 bits per heavy atom. The molecule has 3 heteroatoms. The summed E-state index contributed by atoms with van der Waals surface area (Å²) in [5.41, 5.74) is -0.0224. The van der Waals surface area contributed by atoms with Crippen molar-refractivity contribution in [3.8, 4) is 5.75 Å². The molecule has 3 nitrogen and oxygen atoms in total. The monoisotopic (exact) mass is 250 g/mol. The van der Waals surface area contributed by atoms with E-state index in [0.717, 1.165) is 24.2 Å². The summed E-state index contributed by atoms with van der Waals surface area (Å²) in [5, 5.41) is 9.44. The number of aliphatic carboxylic acids is 1. The number of carboxylic acid groups (broad SMARTS) is 1. The molecule has 1 unspecified atom stereocenters. The molecule has 0 bridgehead atoms. The maximum Gasteiger partial charge on any atom is 0.313 e. The quantitative estimate of drug-likeness (QED) is 0.804. The molecule has 100 valence electrons. The fourth-order valence-electron chi connectivity index (χ4n) is 2.02. The van der Waals surface area contributed by atoms with E-state index in [2.05, 4.69) is 0 Å². The van der Waals surface area contributed by atoms with Crippen molar-refractivity contribution in [2.75, 3.05) is 6.61 Å². The Labute approximate surface area is 109 Å². The van der Waals surface area contributed by atoms with Gasteiger partial charge < -0.3 is 9.84 Å². The van der Waals surface area contributed by atoms with Gasteiger partial charge in [0.25, 0.3) is 0 Å². The Morgan fingerprint density at radius 1 is 1.33 bits per heavy atom. The van der Waals surface area contributed by atoms with Gasteiger partial charge in [0.15, 0.2) is 0 Å². The second kappa shape index (κ2) is 6.43. The molecule has 1 N–H and O–H groups in total. The molecule has 0 spiro atoms. The highest BCUT2D eigenvalue weighted by Gasteiger charge is 2.34. The van der Waals surface area contributed by atoms with Gasteiger partial charge in [0.2, 0.25) is 0 Å². The maximum absolute atomic E-state index is 11.5. The summed E-state index contributed by atoms with van der Waals surface area (Å²) >= 11 is 0. The van der Waals surface area contributed by atoms with Gasteiger partial charge in [0.05, 0.1) is 12.0 Å². The Kier molecular flexibility index (Phi) is 5.20. The molecule has 18 heavy (non-hydrogen) atoms. The van der Waals surface area contributed by atoms with Crippen LogP contribution < -0.4 is 4.74 Å². The van der Waals surface area contributed by atoms with Crippen molar-refractivity contribution in [1.82, 2.24) is 0 Å². The molecule has 0 aliphatic heterocycles. The smallest absolute Gasteiger partial charge is 0.313 e. The van der Waals surface area contributed by atoms with Gasteiger partial charge in [0, 0.05) is 0 Å². The largest absolute Gasteiger partial charge is 0.494 e. The molecule has 0 fully saturated rings. The van der Waals surface area contributed by atoms with E-state index in [1.807, 2.05) is 38.1 Å². The van der Waals surface area contributed by atoms with E-state index in [0.29, 0.717) is 13.0 Å². The molecular weight excluding hydrogens is 228 g/mol. The molecular formula is C15H22O3. The Bertz CT molecular complexity index is 400. The van der Waals surface area contributed by atoms with E-state index >= 15 is 0 Å². The van der Waals surface area contributed by atoms with Crippen LogP contribution in [0.5, 0.6) is 5.75 Å².